The van der Waals surface area contributed by atoms with Crippen LogP contribution in [0.5, 0.6) is 11.5 Å². The maximum Gasteiger partial charge on any atom is 0.235 e. The molecule has 12 aromatic rings. The Hall–Kier alpha value is -8.02. The Bertz CT molecular complexity index is 3700. The number of hydrogen-bond acceptors (Lipinski definition) is 3. The summed E-state index contributed by atoms with van der Waals surface area (Å²) in [6.45, 7) is 0. The third kappa shape index (κ3) is 4.67. The average Bonchev–Trinajstić information content (AvgIpc) is 3.81. The molecule has 9 aromatic carbocycles. The normalized spacial score (nSPS) is 12.2. The molecule has 1 aliphatic heterocycles. The van der Waals surface area contributed by atoms with Crippen LogP contribution in [-0.4, -0.2) is 19.1 Å². The Morgan fingerprint density at radius 3 is 1.85 bits per heavy atom. The lowest BCUT2D eigenvalue weighted by Gasteiger charge is -2.22. The molecule has 0 radical (unpaired) electrons. The van der Waals surface area contributed by atoms with Crippen molar-refractivity contribution >= 4 is 65.3 Å². The summed E-state index contributed by atoms with van der Waals surface area (Å²) in [5, 5.41) is 7.99. The van der Waals surface area contributed by atoms with Gasteiger partial charge >= 0.3 is 0 Å². The van der Waals surface area contributed by atoms with E-state index in [4.69, 9.17) is 14.7 Å². The molecule has 3 aromatic heterocycles. The van der Waals surface area contributed by atoms with Gasteiger partial charge in [-0.2, -0.15) is 0 Å². The van der Waals surface area contributed by atoms with Crippen molar-refractivity contribution in [2.75, 3.05) is 0 Å². The summed E-state index contributed by atoms with van der Waals surface area (Å²) in [5.41, 5.74) is 13.0. The van der Waals surface area contributed by atoms with E-state index in [1.54, 1.807) is 0 Å². The minimum Gasteiger partial charge on any atom is -0.456 e. The Kier molecular flexibility index (Phi) is 6.66. The number of para-hydroxylation sites is 4. The lowest BCUT2D eigenvalue weighted by atomic mass is 9.91. The molecular formula is C54H32N4O. The Morgan fingerprint density at radius 2 is 1.00 bits per heavy atom. The monoisotopic (exact) mass is 752 g/mol. The summed E-state index contributed by atoms with van der Waals surface area (Å²) in [6.07, 6.45) is 0. The van der Waals surface area contributed by atoms with Crippen LogP contribution >= 0.6 is 0 Å². The topological polar surface area (TPSA) is 44.9 Å². The minimum atomic E-state index is 0.633. The Morgan fingerprint density at radius 1 is 0.356 bits per heavy atom. The smallest absolute Gasteiger partial charge is 0.235 e. The van der Waals surface area contributed by atoms with Crippen LogP contribution in [0.2, 0.25) is 0 Å². The van der Waals surface area contributed by atoms with Crippen LogP contribution in [0.15, 0.2) is 194 Å². The first-order valence-corrected chi connectivity index (χ1v) is 20.0. The summed E-state index contributed by atoms with van der Waals surface area (Å²) < 4.78 is 11.2. The second kappa shape index (κ2) is 12.2. The number of nitrogens with zero attached hydrogens (tertiary/aromatic N) is 4. The van der Waals surface area contributed by atoms with Crippen LogP contribution in [0.3, 0.4) is 0 Å². The van der Waals surface area contributed by atoms with E-state index >= 15 is 0 Å². The van der Waals surface area contributed by atoms with Gasteiger partial charge in [-0.25, -0.2) is 9.97 Å². The minimum absolute atomic E-state index is 0.633. The highest BCUT2D eigenvalue weighted by molar-refractivity contribution is 6.26. The molecule has 0 N–H and O–H groups in total. The molecule has 0 unspecified atom stereocenters. The lowest BCUT2D eigenvalue weighted by Crippen LogP contribution is -2.04. The fourth-order valence-electron chi connectivity index (χ4n) is 9.53. The predicted molar refractivity (Wildman–Crippen MR) is 242 cm³/mol. The van der Waals surface area contributed by atoms with Crippen molar-refractivity contribution < 1.29 is 4.74 Å². The van der Waals surface area contributed by atoms with E-state index in [0.717, 1.165) is 94.2 Å². The van der Waals surface area contributed by atoms with Crippen LogP contribution in [0.4, 0.5) is 0 Å². The summed E-state index contributed by atoms with van der Waals surface area (Å²) in [6, 6.07) is 68.9. The standard InChI is InChI=1S/C54H32N4O/c1-3-14-33(15-4-1)53-39-20-7-10-22-44(39)55-54(56-53)58-47-29-27-35(34-26-28-46-41(30-34)37-18-8-11-23-45(37)57(46)36-16-5-2-6-17-36)31-43(47)51-40-21-13-25-50-52(40)42(32-48(51)58)38-19-9-12-24-49(38)59-50/h1-32H. The highest BCUT2D eigenvalue weighted by Crippen LogP contribution is 2.51. The van der Waals surface area contributed by atoms with E-state index in [1.807, 2.05) is 12.1 Å². The molecule has 4 heterocycles. The largest absolute Gasteiger partial charge is 0.456 e. The molecule has 0 amide bonds. The SMILES string of the molecule is c1ccc(-c2nc(-n3c4ccc(-c5ccc6c(c5)c5ccccc5n6-c5ccccc5)cc4c4c5cccc6c5c(cc43)-c3ccccc3O6)nc3ccccc23)cc1. The maximum absolute atomic E-state index is 6.58. The van der Waals surface area contributed by atoms with Gasteiger partial charge in [0.25, 0.3) is 0 Å². The zero-order valence-corrected chi connectivity index (χ0v) is 31.7. The molecule has 13 rings (SSSR count). The van der Waals surface area contributed by atoms with Gasteiger partial charge in [-0.15, -0.1) is 0 Å². The fourth-order valence-corrected chi connectivity index (χ4v) is 9.53. The van der Waals surface area contributed by atoms with Crippen molar-refractivity contribution in [3.8, 4) is 56.6 Å². The molecule has 5 nitrogen and oxygen atoms in total. The van der Waals surface area contributed by atoms with Gasteiger partial charge in [-0.05, 0) is 88.8 Å². The molecule has 5 heteroatoms. The van der Waals surface area contributed by atoms with Crippen molar-refractivity contribution in [2.24, 2.45) is 0 Å². The predicted octanol–water partition coefficient (Wildman–Crippen LogP) is 14.1. The molecule has 0 saturated carbocycles. The zero-order chi connectivity index (χ0) is 38.6. The quantitative estimate of drug-likeness (QED) is 0.180. The Labute approximate surface area is 338 Å². The van der Waals surface area contributed by atoms with Gasteiger partial charge in [-0.3, -0.25) is 4.57 Å². The van der Waals surface area contributed by atoms with Crippen LogP contribution < -0.4 is 4.74 Å². The van der Waals surface area contributed by atoms with Crippen molar-refractivity contribution in [3.63, 3.8) is 0 Å². The van der Waals surface area contributed by atoms with E-state index < -0.39 is 0 Å². The van der Waals surface area contributed by atoms with Crippen molar-refractivity contribution in [3.05, 3.63) is 194 Å². The second-order valence-corrected chi connectivity index (χ2v) is 15.3. The van der Waals surface area contributed by atoms with Crippen molar-refractivity contribution in [2.45, 2.75) is 0 Å². The van der Waals surface area contributed by atoms with E-state index in [9.17, 15) is 0 Å². The molecule has 0 fully saturated rings. The summed E-state index contributed by atoms with van der Waals surface area (Å²) >= 11 is 0. The third-order valence-electron chi connectivity index (χ3n) is 12.1. The average molecular weight is 753 g/mol. The lowest BCUT2D eigenvalue weighted by molar-refractivity contribution is 0.487. The number of benzene rings is 9. The highest BCUT2D eigenvalue weighted by atomic mass is 16.5. The third-order valence-corrected chi connectivity index (χ3v) is 12.1. The molecule has 274 valence electrons. The van der Waals surface area contributed by atoms with Gasteiger partial charge in [0, 0.05) is 49.1 Å². The van der Waals surface area contributed by atoms with Gasteiger partial charge in [0.1, 0.15) is 11.5 Å². The van der Waals surface area contributed by atoms with Crippen molar-refractivity contribution in [1.82, 2.24) is 19.1 Å². The second-order valence-electron chi connectivity index (χ2n) is 15.3. The molecule has 0 spiro atoms. The van der Waals surface area contributed by atoms with E-state index in [0.29, 0.717) is 5.95 Å². The molecule has 0 aliphatic carbocycles. The first kappa shape index (κ1) is 32.1. The van der Waals surface area contributed by atoms with Gasteiger partial charge in [0.2, 0.25) is 5.95 Å². The maximum atomic E-state index is 6.58. The summed E-state index contributed by atoms with van der Waals surface area (Å²) in [7, 11) is 0. The molecule has 0 atom stereocenters. The van der Waals surface area contributed by atoms with Gasteiger partial charge < -0.3 is 9.30 Å². The molecule has 0 saturated heterocycles. The van der Waals surface area contributed by atoms with E-state index in [1.165, 1.54) is 21.8 Å². The van der Waals surface area contributed by atoms with Gasteiger partial charge in [0.05, 0.1) is 33.3 Å². The van der Waals surface area contributed by atoms with E-state index in [2.05, 4.69) is 191 Å². The van der Waals surface area contributed by atoms with Gasteiger partial charge in [0.15, 0.2) is 0 Å². The van der Waals surface area contributed by atoms with Crippen molar-refractivity contribution in [1.29, 1.82) is 0 Å². The molecule has 0 bridgehead atoms. The molecule has 59 heavy (non-hydrogen) atoms. The number of aromatic nitrogens is 4. The van der Waals surface area contributed by atoms with Crippen LogP contribution in [-0.2, 0) is 0 Å². The number of rotatable bonds is 4. The van der Waals surface area contributed by atoms with Crippen LogP contribution in [0.1, 0.15) is 0 Å². The fraction of sp³-hybridized carbons (Fsp3) is 0. The van der Waals surface area contributed by atoms with Gasteiger partial charge in [-0.1, -0.05) is 127 Å². The summed E-state index contributed by atoms with van der Waals surface area (Å²) in [4.78, 5) is 10.7. The molecular weight excluding hydrogens is 721 g/mol. The number of ether oxygens (including phenoxy) is 1. The zero-order valence-electron chi connectivity index (χ0n) is 31.7. The highest BCUT2D eigenvalue weighted by Gasteiger charge is 2.26. The summed E-state index contributed by atoms with van der Waals surface area (Å²) in [5.74, 6) is 2.35. The Balaban J connectivity index is 1.12. The number of fused-ring (bicyclic) bond motifs is 10. The first-order valence-electron chi connectivity index (χ1n) is 20.0. The van der Waals surface area contributed by atoms with E-state index in [-0.39, 0.29) is 0 Å². The number of hydrogen-bond donors (Lipinski definition) is 0. The molecule has 1 aliphatic rings. The van der Waals surface area contributed by atoms with Crippen LogP contribution in [0.25, 0.3) is 110 Å². The van der Waals surface area contributed by atoms with Crippen LogP contribution in [0, 0.1) is 0 Å². The first-order chi connectivity index (χ1) is 29.3.